The lowest BCUT2D eigenvalue weighted by molar-refractivity contribution is 0.151. The molecule has 0 spiro atoms. The van der Waals surface area contributed by atoms with Gasteiger partial charge in [0, 0.05) is 11.6 Å². The summed E-state index contributed by atoms with van der Waals surface area (Å²) < 4.78 is 5.64. The Hall–Kier alpha value is -1.66. The first-order valence-corrected chi connectivity index (χ1v) is 6.97. The zero-order valence-corrected chi connectivity index (χ0v) is 11.9. The van der Waals surface area contributed by atoms with Crippen LogP contribution in [0.25, 0.3) is 11.1 Å². The number of hydrogen-bond acceptors (Lipinski definition) is 6. The van der Waals surface area contributed by atoms with Gasteiger partial charge in [-0.25, -0.2) is 4.98 Å². The molecular weight excluding hydrogens is 256 g/mol. The van der Waals surface area contributed by atoms with E-state index in [0.717, 1.165) is 36.1 Å². The number of rotatable bonds is 3. The van der Waals surface area contributed by atoms with Gasteiger partial charge in [-0.2, -0.15) is 4.98 Å². The second-order valence-electron chi connectivity index (χ2n) is 5.44. The predicted molar refractivity (Wildman–Crippen MR) is 76.2 cm³/mol. The van der Waals surface area contributed by atoms with Gasteiger partial charge < -0.3 is 15.3 Å². The molecule has 3 heterocycles. The number of hydrogen-bond donors (Lipinski definition) is 2. The summed E-state index contributed by atoms with van der Waals surface area (Å²) in [5.41, 5.74) is 7.59. The van der Waals surface area contributed by atoms with E-state index in [2.05, 4.69) is 14.9 Å². The average molecular weight is 276 g/mol. The third kappa shape index (κ3) is 2.14. The van der Waals surface area contributed by atoms with Crippen LogP contribution < -0.4 is 5.73 Å². The molecule has 0 aliphatic carbocycles. The van der Waals surface area contributed by atoms with Crippen LogP contribution in [-0.4, -0.2) is 39.2 Å². The molecule has 3 N–H and O–H groups in total. The highest BCUT2D eigenvalue weighted by molar-refractivity contribution is 5.88. The third-order valence-electron chi connectivity index (χ3n) is 4.16. The Kier molecular flexibility index (Phi) is 3.35. The topological polar surface area (TPSA) is 88.4 Å². The summed E-state index contributed by atoms with van der Waals surface area (Å²) >= 11 is 0. The summed E-state index contributed by atoms with van der Waals surface area (Å²) in [5, 5.41) is 10.2. The van der Waals surface area contributed by atoms with Crippen LogP contribution in [0.2, 0.25) is 0 Å². The Balaban J connectivity index is 1.93. The molecule has 1 saturated heterocycles. The number of nitrogens with zero attached hydrogens (tertiary/aromatic N) is 3. The maximum atomic E-state index is 9.35. The minimum Gasteiger partial charge on any atom is -0.443 e. The second-order valence-corrected chi connectivity index (χ2v) is 5.44. The quantitative estimate of drug-likeness (QED) is 0.880. The van der Waals surface area contributed by atoms with E-state index in [1.54, 1.807) is 0 Å². The summed E-state index contributed by atoms with van der Waals surface area (Å²) in [7, 11) is 0. The highest BCUT2D eigenvalue weighted by Gasteiger charge is 2.25. The number of aliphatic hydroxyl groups is 1. The standard InChI is InChI=1S/C14H20N4O2/c1-8-9(2)20-14-12(8)13(15)16-11(17-14)6-18-5-3-4-10(18)7-19/h10,19H,3-7H2,1-2H3,(H2,15,16,17)/t10-/m1/s1. The van der Waals surface area contributed by atoms with Crippen LogP contribution in [0.5, 0.6) is 0 Å². The number of anilines is 1. The minimum atomic E-state index is 0.177. The van der Waals surface area contributed by atoms with Gasteiger partial charge in [0.25, 0.3) is 0 Å². The van der Waals surface area contributed by atoms with Crippen LogP contribution in [-0.2, 0) is 6.54 Å². The lowest BCUT2D eigenvalue weighted by Gasteiger charge is -2.21. The number of fused-ring (bicyclic) bond motifs is 1. The third-order valence-corrected chi connectivity index (χ3v) is 4.16. The Morgan fingerprint density at radius 2 is 2.20 bits per heavy atom. The number of aromatic nitrogens is 2. The SMILES string of the molecule is Cc1oc2nc(CN3CCC[C@@H]3CO)nc(N)c2c1C. The molecule has 0 aromatic carbocycles. The lowest BCUT2D eigenvalue weighted by atomic mass is 10.2. The van der Waals surface area contributed by atoms with E-state index < -0.39 is 0 Å². The van der Waals surface area contributed by atoms with Gasteiger partial charge in [-0.15, -0.1) is 0 Å². The maximum Gasteiger partial charge on any atom is 0.231 e. The normalized spacial score (nSPS) is 20.1. The van der Waals surface area contributed by atoms with Gasteiger partial charge in [-0.3, -0.25) is 4.90 Å². The van der Waals surface area contributed by atoms with Crippen molar-refractivity contribution in [1.29, 1.82) is 0 Å². The molecule has 1 fully saturated rings. The van der Waals surface area contributed by atoms with E-state index in [-0.39, 0.29) is 12.6 Å². The Bertz CT molecular complexity index is 638. The first kappa shape index (κ1) is 13.3. The van der Waals surface area contributed by atoms with Gasteiger partial charge in [0.15, 0.2) is 0 Å². The molecule has 3 rings (SSSR count). The number of aryl methyl sites for hydroxylation is 2. The van der Waals surface area contributed by atoms with Gasteiger partial charge in [-0.1, -0.05) is 0 Å². The largest absolute Gasteiger partial charge is 0.443 e. The second kappa shape index (κ2) is 5.03. The number of furan rings is 1. The van der Waals surface area contributed by atoms with Crippen LogP contribution in [0.15, 0.2) is 4.42 Å². The minimum absolute atomic E-state index is 0.177. The van der Waals surface area contributed by atoms with Crippen LogP contribution in [0.3, 0.4) is 0 Å². The maximum absolute atomic E-state index is 9.35. The fraction of sp³-hybridized carbons (Fsp3) is 0.571. The van der Waals surface area contributed by atoms with E-state index in [4.69, 9.17) is 10.2 Å². The molecule has 0 bridgehead atoms. The summed E-state index contributed by atoms with van der Waals surface area (Å²) in [5.74, 6) is 1.95. The van der Waals surface area contributed by atoms with E-state index >= 15 is 0 Å². The molecule has 0 saturated carbocycles. The predicted octanol–water partition coefficient (Wildman–Crippen LogP) is 1.38. The molecule has 20 heavy (non-hydrogen) atoms. The summed E-state index contributed by atoms with van der Waals surface area (Å²) in [6, 6.07) is 0.204. The summed E-state index contributed by atoms with van der Waals surface area (Å²) in [6.45, 7) is 5.60. The average Bonchev–Trinajstić information content (AvgIpc) is 2.95. The van der Waals surface area contributed by atoms with Crippen molar-refractivity contribution in [2.45, 2.75) is 39.3 Å². The molecule has 1 aliphatic rings. The van der Waals surface area contributed by atoms with Crippen molar-refractivity contribution in [1.82, 2.24) is 14.9 Å². The molecule has 0 amide bonds. The molecule has 2 aromatic heterocycles. The van der Waals surface area contributed by atoms with Crippen molar-refractivity contribution in [2.75, 3.05) is 18.9 Å². The molecule has 1 aliphatic heterocycles. The Morgan fingerprint density at radius 1 is 1.40 bits per heavy atom. The van der Waals surface area contributed by atoms with Gasteiger partial charge in [0.05, 0.1) is 18.5 Å². The number of nitrogens with two attached hydrogens (primary N) is 1. The highest BCUT2D eigenvalue weighted by Crippen LogP contribution is 2.28. The van der Waals surface area contributed by atoms with Crippen molar-refractivity contribution in [2.24, 2.45) is 0 Å². The van der Waals surface area contributed by atoms with Gasteiger partial charge in [-0.05, 0) is 33.2 Å². The first-order valence-electron chi connectivity index (χ1n) is 6.97. The molecule has 1 atom stereocenters. The number of aliphatic hydroxyl groups excluding tert-OH is 1. The Morgan fingerprint density at radius 3 is 2.95 bits per heavy atom. The number of nitrogen functional groups attached to an aromatic ring is 1. The lowest BCUT2D eigenvalue weighted by Crippen LogP contribution is -2.32. The molecule has 108 valence electrons. The molecule has 2 aromatic rings. The van der Waals surface area contributed by atoms with Gasteiger partial charge >= 0.3 is 0 Å². The van der Waals surface area contributed by atoms with Crippen molar-refractivity contribution < 1.29 is 9.52 Å². The van der Waals surface area contributed by atoms with Crippen molar-refractivity contribution >= 4 is 16.9 Å². The van der Waals surface area contributed by atoms with Gasteiger partial charge in [0.1, 0.15) is 17.4 Å². The van der Waals surface area contributed by atoms with Crippen molar-refractivity contribution in [3.63, 3.8) is 0 Å². The van der Waals surface area contributed by atoms with E-state index in [1.165, 1.54) is 0 Å². The van der Waals surface area contributed by atoms with E-state index in [9.17, 15) is 5.11 Å². The van der Waals surface area contributed by atoms with Crippen LogP contribution >= 0.6 is 0 Å². The van der Waals surface area contributed by atoms with Crippen molar-refractivity contribution in [3.05, 3.63) is 17.1 Å². The molecule has 0 unspecified atom stereocenters. The van der Waals surface area contributed by atoms with Crippen molar-refractivity contribution in [3.8, 4) is 0 Å². The van der Waals surface area contributed by atoms with E-state index in [1.807, 2.05) is 13.8 Å². The van der Waals surface area contributed by atoms with Gasteiger partial charge in [0.2, 0.25) is 5.71 Å². The Labute approximate surface area is 117 Å². The fourth-order valence-electron chi connectivity index (χ4n) is 2.89. The number of likely N-dealkylation sites (tertiary alicyclic amines) is 1. The molecule has 0 radical (unpaired) electrons. The highest BCUT2D eigenvalue weighted by atomic mass is 16.3. The van der Waals surface area contributed by atoms with Crippen LogP contribution in [0.4, 0.5) is 5.82 Å². The van der Waals surface area contributed by atoms with Crippen LogP contribution in [0.1, 0.15) is 30.0 Å². The fourth-order valence-corrected chi connectivity index (χ4v) is 2.89. The zero-order chi connectivity index (χ0) is 14.3. The smallest absolute Gasteiger partial charge is 0.231 e. The zero-order valence-electron chi connectivity index (χ0n) is 11.9. The monoisotopic (exact) mass is 276 g/mol. The molecular formula is C14H20N4O2. The summed E-state index contributed by atoms with van der Waals surface area (Å²) in [4.78, 5) is 11.1. The first-order chi connectivity index (χ1) is 9.60. The molecule has 6 nitrogen and oxygen atoms in total. The molecule has 6 heteroatoms. The summed E-state index contributed by atoms with van der Waals surface area (Å²) in [6.07, 6.45) is 2.12. The van der Waals surface area contributed by atoms with E-state index in [0.29, 0.717) is 23.9 Å². The van der Waals surface area contributed by atoms with Crippen LogP contribution in [0, 0.1) is 13.8 Å².